The van der Waals surface area contributed by atoms with Gasteiger partial charge >= 0.3 is 0 Å². The summed E-state index contributed by atoms with van der Waals surface area (Å²) in [5, 5.41) is 9.14. The van der Waals surface area contributed by atoms with Crippen LogP contribution in [0.1, 0.15) is 11.9 Å². The van der Waals surface area contributed by atoms with Crippen LogP contribution in [0.15, 0.2) is 59.8 Å². The fourth-order valence-electron chi connectivity index (χ4n) is 2.90. The summed E-state index contributed by atoms with van der Waals surface area (Å²) in [7, 11) is 3.64. The first-order chi connectivity index (χ1) is 13.6. The summed E-state index contributed by atoms with van der Waals surface area (Å²) in [5.74, 6) is 2.34. The van der Waals surface area contributed by atoms with Crippen LogP contribution < -0.4 is 14.4 Å². The zero-order valence-corrected chi connectivity index (χ0v) is 16.4. The number of carbonyl (C=O) groups excluding carboxylic acids is 1. The Morgan fingerprint density at radius 1 is 1.14 bits per heavy atom. The predicted octanol–water partition coefficient (Wildman–Crippen LogP) is 3.08. The number of hydrogen-bond acceptors (Lipinski definition) is 6. The van der Waals surface area contributed by atoms with Crippen molar-refractivity contribution in [3.63, 3.8) is 0 Å². The molecule has 0 saturated carbocycles. The fraction of sp³-hybridized carbons (Fsp3) is 0.250. The molecular formula is C20H20N4O3S. The predicted molar refractivity (Wildman–Crippen MR) is 107 cm³/mol. The van der Waals surface area contributed by atoms with Crippen molar-refractivity contribution in [2.45, 2.75) is 11.3 Å². The molecule has 7 nitrogen and oxygen atoms in total. The zero-order chi connectivity index (χ0) is 19.5. The summed E-state index contributed by atoms with van der Waals surface area (Å²) < 4.78 is 13.6. The van der Waals surface area contributed by atoms with E-state index in [-0.39, 0.29) is 17.8 Å². The number of amides is 1. The van der Waals surface area contributed by atoms with Gasteiger partial charge in [-0.05, 0) is 24.3 Å². The van der Waals surface area contributed by atoms with E-state index in [9.17, 15) is 4.79 Å². The van der Waals surface area contributed by atoms with Gasteiger partial charge in [0.2, 0.25) is 5.91 Å². The van der Waals surface area contributed by atoms with Gasteiger partial charge in [-0.25, -0.2) is 0 Å². The summed E-state index contributed by atoms with van der Waals surface area (Å²) >= 11 is 1.35. The molecule has 2 aromatic carbocycles. The number of carbonyl (C=O) groups is 1. The zero-order valence-electron chi connectivity index (χ0n) is 15.6. The van der Waals surface area contributed by atoms with Gasteiger partial charge in [-0.2, -0.15) is 0 Å². The van der Waals surface area contributed by atoms with Gasteiger partial charge < -0.3 is 18.9 Å². The van der Waals surface area contributed by atoms with Crippen molar-refractivity contribution >= 4 is 23.4 Å². The van der Waals surface area contributed by atoms with Crippen LogP contribution in [0.25, 0.3) is 0 Å². The standard InChI is InChI=1S/C20H20N4O3S/c1-23(14-8-4-3-5-9-14)18(25)13-28-20-22-21-19(24(20)2)17-12-26-15-10-6-7-11-16(15)27-17/h3-11,17H,12-13H2,1-2H3/t17-/m1/s1. The van der Waals surface area contributed by atoms with Gasteiger partial charge in [0.15, 0.2) is 28.6 Å². The summed E-state index contributed by atoms with van der Waals surface area (Å²) in [6, 6.07) is 17.1. The fourth-order valence-corrected chi connectivity index (χ4v) is 3.73. The lowest BCUT2D eigenvalue weighted by Crippen LogP contribution is -2.28. The average Bonchev–Trinajstić information content (AvgIpc) is 3.12. The smallest absolute Gasteiger partial charge is 0.237 e. The Balaban J connectivity index is 1.41. The summed E-state index contributed by atoms with van der Waals surface area (Å²) in [5.41, 5.74) is 0.859. The second-order valence-corrected chi connectivity index (χ2v) is 7.28. The third-order valence-electron chi connectivity index (χ3n) is 4.51. The molecule has 1 aliphatic heterocycles. The molecule has 0 aliphatic carbocycles. The van der Waals surface area contributed by atoms with E-state index in [2.05, 4.69) is 10.2 Å². The molecule has 1 aromatic heterocycles. The van der Waals surface area contributed by atoms with E-state index < -0.39 is 0 Å². The van der Waals surface area contributed by atoms with Crippen LogP contribution in [0.2, 0.25) is 0 Å². The molecule has 144 valence electrons. The maximum absolute atomic E-state index is 12.5. The maximum atomic E-state index is 12.5. The van der Waals surface area contributed by atoms with Gasteiger partial charge in [0.25, 0.3) is 0 Å². The number of rotatable bonds is 5. The molecule has 8 heteroatoms. The molecule has 4 rings (SSSR count). The Morgan fingerprint density at radius 3 is 2.64 bits per heavy atom. The normalized spacial score (nSPS) is 15.3. The minimum absolute atomic E-state index is 0.00747. The number of thioether (sulfide) groups is 1. The molecule has 0 fully saturated rings. The Bertz CT molecular complexity index is 977. The third kappa shape index (κ3) is 3.68. The molecule has 2 heterocycles. The lowest BCUT2D eigenvalue weighted by Gasteiger charge is -2.25. The molecule has 0 N–H and O–H groups in total. The quantitative estimate of drug-likeness (QED) is 0.618. The summed E-state index contributed by atoms with van der Waals surface area (Å²) in [6.45, 7) is 0.364. The van der Waals surface area contributed by atoms with Crippen LogP contribution in [0.3, 0.4) is 0 Å². The second-order valence-electron chi connectivity index (χ2n) is 6.34. The molecule has 0 unspecified atom stereocenters. The monoisotopic (exact) mass is 396 g/mol. The van der Waals surface area contributed by atoms with Crippen LogP contribution in [0.4, 0.5) is 5.69 Å². The average molecular weight is 396 g/mol. The topological polar surface area (TPSA) is 69.5 Å². The Morgan fingerprint density at radius 2 is 1.86 bits per heavy atom. The molecule has 1 amide bonds. The van der Waals surface area contributed by atoms with Gasteiger partial charge in [0.05, 0.1) is 5.75 Å². The van der Waals surface area contributed by atoms with E-state index in [1.165, 1.54) is 11.8 Å². The van der Waals surface area contributed by atoms with Crippen molar-refractivity contribution < 1.29 is 14.3 Å². The van der Waals surface area contributed by atoms with Crippen molar-refractivity contribution in [3.8, 4) is 11.5 Å². The van der Waals surface area contributed by atoms with Crippen molar-refractivity contribution in [1.29, 1.82) is 0 Å². The SMILES string of the molecule is CN(C(=O)CSc1nnc([C@H]2COc3ccccc3O2)n1C)c1ccccc1. The van der Waals surface area contributed by atoms with Crippen LogP contribution >= 0.6 is 11.8 Å². The van der Waals surface area contributed by atoms with Crippen LogP contribution in [-0.4, -0.2) is 40.1 Å². The van der Waals surface area contributed by atoms with E-state index in [1.54, 1.807) is 11.9 Å². The van der Waals surface area contributed by atoms with E-state index in [4.69, 9.17) is 9.47 Å². The number of anilines is 1. The van der Waals surface area contributed by atoms with Crippen molar-refractivity contribution in [1.82, 2.24) is 14.8 Å². The lowest BCUT2D eigenvalue weighted by molar-refractivity contribution is -0.115. The van der Waals surface area contributed by atoms with E-state index in [1.807, 2.05) is 66.2 Å². The number of ether oxygens (including phenoxy) is 2. The van der Waals surface area contributed by atoms with Crippen molar-refractivity contribution in [2.24, 2.45) is 7.05 Å². The van der Waals surface area contributed by atoms with Gasteiger partial charge in [-0.15, -0.1) is 10.2 Å². The van der Waals surface area contributed by atoms with Crippen molar-refractivity contribution in [3.05, 3.63) is 60.4 Å². The Hall–Kier alpha value is -3.00. The highest BCUT2D eigenvalue weighted by atomic mass is 32.2. The lowest BCUT2D eigenvalue weighted by atomic mass is 10.2. The van der Waals surface area contributed by atoms with Gasteiger partial charge in [0.1, 0.15) is 6.61 Å². The minimum Gasteiger partial charge on any atom is -0.485 e. The Kier molecular flexibility index (Phi) is 5.21. The largest absolute Gasteiger partial charge is 0.485 e. The van der Waals surface area contributed by atoms with Gasteiger partial charge in [0, 0.05) is 19.8 Å². The maximum Gasteiger partial charge on any atom is 0.237 e. The summed E-state index contributed by atoms with van der Waals surface area (Å²) in [4.78, 5) is 14.1. The molecule has 0 spiro atoms. The highest BCUT2D eigenvalue weighted by Crippen LogP contribution is 2.35. The van der Waals surface area contributed by atoms with Crippen molar-refractivity contribution in [2.75, 3.05) is 24.3 Å². The molecule has 1 atom stereocenters. The first-order valence-electron chi connectivity index (χ1n) is 8.85. The van der Waals surface area contributed by atoms with Crippen LogP contribution in [0, 0.1) is 0 Å². The number of nitrogens with zero attached hydrogens (tertiary/aromatic N) is 4. The third-order valence-corrected chi connectivity index (χ3v) is 5.51. The number of fused-ring (bicyclic) bond motifs is 1. The molecule has 0 radical (unpaired) electrons. The van der Waals surface area contributed by atoms with E-state index in [0.717, 1.165) is 11.4 Å². The number of para-hydroxylation sites is 3. The number of benzene rings is 2. The number of hydrogen-bond donors (Lipinski definition) is 0. The molecule has 1 aliphatic rings. The first kappa shape index (κ1) is 18.4. The molecule has 28 heavy (non-hydrogen) atoms. The van der Waals surface area contributed by atoms with Crippen LogP contribution in [0.5, 0.6) is 11.5 Å². The summed E-state index contributed by atoms with van der Waals surface area (Å²) in [6.07, 6.45) is -0.343. The molecule has 0 bridgehead atoms. The molecular weight excluding hydrogens is 376 g/mol. The second kappa shape index (κ2) is 7.93. The first-order valence-corrected chi connectivity index (χ1v) is 9.84. The molecule has 3 aromatic rings. The number of aromatic nitrogens is 3. The molecule has 0 saturated heterocycles. The van der Waals surface area contributed by atoms with E-state index >= 15 is 0 Å². The van der Waals surface area contributed by atoms with Gasteiger partial charge in [-0.3, -0.25) is 4.79 Å². The highest BCUT2D eigenvalue weighted by molar-refractivity contribution is 7.99. The van der Waals surface area contributed by atoms with Gasteiger partial charge in [-0.1, -0.05) is 42.1 Å². The van der Waals surface area contributed by atoms with Crippen LogP contribution in [-0.2, 0) is 11.8 Å². The highest BCUT2D eigenvalue weighted by Gasteiger charge is 2.27. The minimum atomic E-state index is -0.343. The Labute approximate surface area is 167 Å². The van der Waals surface area contributed by atoms with E-state index in [0.29, 0.717) is 23.3 Å².